The lowest BCUT2D eigenvalue weighted by molar-refractivity contribution is -0.119. The van der Waals surface area contributed by atoms with Gasteiger partial charge in [-0.25, -0.2) is 9.78 Å². The van der Waals surface area contributed by atoms with Gasteiger partial charge in [0, 0.05) is 12.4 Å². The van der Waals surface area contributed by atoms with Crippen molar-refractivity contribution in [3.63, 3.8) is 0 Å². The largest absolute Gasteiger partial charge is 0.492 e. The van der Waals surface area contributed by atoms with E-state index in [9.17, 15) is 9.59 Å². The highest BCUT2D eigenvalue weighted by Crippen LogP contribution is 2.23. The molecule has 0 atom stereocenters. The van der Waals surface area contributed by atoms with Gasteiger partial charge in [-0.05, 0) is 31.2 Å². The molecule has 3 aromatic rings. The van der Waals surface area contributed by atoms with Gasteiger partial charge in [0.1, 0.15) is 11.4 Å². The number of nitrogens with zero attached hydrogens (tertiary/aromatic N) is 2. The van der Waals surface area contributed by atoms with E-state index in [0.717, 1.165) is 0 Å². The van der Waals surface area contributed by atoms with E-state index in [4.69, 9.17) is 9.47 Å². The minimum absolute atomic E-state index is 0.147. The summed E-state index contributed by atoms with van der Waals surface area (Å²) in [6.45, 7) is 1.93. The molecule has 0 bridgehead atoms. The number of rotatable bonds is 6. The van der Waals surface area contributed by atoms with Gasteiger partial charge in [0.2, 0.25) is 0 Å². The number of anilines is 1. The van der Waals surface area contributed by atoms with Crippen molar-refractivity contribution in [2.75, 3.05) is 18.5 Å². The van der Waals surface area contributed by atoms with Crippen LogP contribution in [0.3, 0.4) is 0 Å². The van der Waals surface area contributed by atoms with Crippen LogP contribution in [-0.4, -0.2) is 34.5 Å². The first kappa shape index (κ1) is 16.5. The van der Waals surface area contributed by atoms with Crippen molar-refractivity contribution < 1.29 is 19.1 Å². The van der Waals surface area contributed by atoms with Gasteiger partial charge < -0.3 is 19.2 Å². The summed E-state index contributed by atoms with van der Waals surface area (Å²) >= 11 is 0. The molecule has 0 unspecified atom stereocenters. The fraction of sp³-hybridized carbons (Fsp3) is 0.167. The highest BCUT2D eigenvalue weighted by molar-refractivity contribution is 5.95. The molecule has 1 amide bonds. The third-order valence-electron chi connectivity index (χ3n) is 3.37. The van der Waals surface area contributed by atoms with Crippen LogP contribution in [0.5, 0.6) is 5.75 Å². The maximum absolute atomic E-state index is 12.0. The summed E-state index contributed by atoms with van der Waals surface area (Å²) in [5.74, 6) is -0.550. The molecule has 128 valence electrons. The van der Waals surface area contributed by atoms with Gasteiger partial charge in [-0.3, -0.25) is 4.79 Å². The number of benzene rings is 1. The number of fused-ring (bicyclic) bond motifs is 1. The quantitative estimate of drug-likeness (QED) is 0.698. The van der Waals surface area contributed by atoms with Crippen LogP contribution in [0.2, 0.25) is 0 Å². The van der Waals surface area contributed by atoms with Crippen molar-refractivity contribution in [1.29, 1.82) is 0 Å². The molecule has 0 fully saturated rings. The van der Waals surface area contributed by atoms with Crippen molar-refractivity contribution in [1.82, 2.24) is 9.38 Å². The fourth-order valence-electron chi connectivity index (χ4n) is 2.28. The highest BCUT2D eigenvalue weighted by atomic mass is 16.5. The summed E-state index contributed by atoms with van der Waals surface area (Å²) in [6.07, 6.45) is 3.33. The second-order valence-electron chi connectivity index (χ2n) is 5.15. The maximum atomic E-state index is 12.0. The number of ether oxygens (including phenoxy) is 2. The molecule has 0 aliphatic rings. The first-order valence-electron chi connectivity index (χ1n) is 7.80. The van der Waals surface area contributed by atoms with Crippen LogP contribution in [0.15, 0.2) is 54.9 Å². The number of esters is 1. The van der Waals surface area contributed by atoms with Crippen molar-refractivity contribution in [3.05, 3.63) is 60.6 Å². The summed E-state index contributed by atoms with van der Waals surface area (Å²) in [6, 6.07) is 12.5. The molecule has 2 heterocycles. The van der Waals surface area contributed by atoms with Gasteiger partial charge in [0.15, 0.2) is 12.3 Å². The van der Waals surface area contributed by atoms with Crippen LogP contribution < -0.4 is 10.1 Å². The topological polar surface area (TPSA) is 81.9 Å². The monoisotopic (exact) mass is 339 g/mol. The summed E-state index contributed by atoms with van der Waals surface area (Å²) in [5, 5.41) is 2.66. The SMILES string of the molecule is CCOc1ccccc1NC(=O)COC(=O)c1cn2ccccc2n1. The lowest BCUT2D eigenvalue weighted by atomic mass is 10.3. The van der Waals surface area contributed by atoms with Gasteiger partial charge in [-0.2, -0.15) is 0 Å². The molecule has 7 heteroatoms. The number of imidazole rings is 1. The lowest BCUT2D eigenvalue weighted by Crippen LogP contribution is -2.21. The Morgan fingerprint density at radius 3 is 2.76 bits per heavy atom. The molecule has 0 saturated heterocycles. The van der Waals surface area contributed by atoms with E-state index in [1.807, 2.05) is 25.1 Å². The Morgan fingerprint density at radius 2 is 1.96 bits per heavy atom. The Bertz CT molecular complexity index is 871. The van der Waals surface area contributed by atoms with Crippen molar-refractivity contribution in [3.8, 4) is 5.75 Å². The first-order valence-corrected chi connectivity index (χ1v) is 7.80. The Hall–Kier alpha value is -3.35. The molecule has 3 rings (SSSR count). The van der Waals surface area contributed by atoms with Crippen LogP contribution >= 0.6 is 0 Å². The molecule has 0 aliphatic carbocycles. The van der Waals surface area contributed by atoms with E-state index in [-0.39, 0.29) is 5.69 Å². The van der Waals surface area contributed by atoms with Crippen molar-refractivity contribution >= 4 is 23.2 Å². The lowest BCUT2D eigenvalue weighted by Gasteiger charge is -2.11. The molecule has 1 N–H and O–H groups in total. The van der Waals surface area contributed by atoms with E-state index >= 15 is 0 Å². The number of para-hydroxylation sites is 2. The molecule has 0 spiro atoms. The summed E-state index contributed by atoms with van der Waals surface area (Å²) < 4.78 is 12.2. The number of carbonyl (C=O) groups excluding carboxylic acids is 2. The van der Waals surface area contributed by atoms with E-state index < -0.39 is 18.5 Å². The zero-order valence-corrected chi connectivity index (χ0v) is 13.6. The average Bonchev–Trinajstić information content (AvgIpc) is 3.06. The zero-order chi connectivity index (χ0) is 17.6. The predicted octanol–water partition coefficient (Wildman–Crippen LogP) is 2.53. The molecule has 0 aliphatic heterocycles. The van der Waals surface area contributed by atoms with Gasteiger partial charge in [-0.1, -0.05) is 18.2 Å². The Kier molecular flexibility index (Phi) is 4.94. The number of nitrogens with one attached hydrogen (secondary N) is 1. The molecular formula is C18H17N3O4. The van der Waals surface area contributed by atoms with Crippen LogP contribution in [0, 0.1) is 0 Å². The van der Waals surface area contributed by atoms with E-state index in [1.165, 1.54) is 0 Å². The zero-order valence-electron chi connectivity index (χ0n) is 13.6. The standard InChI is InChI=1S/C18H17N3O4/c1-2-24-15-8-4-3-7-13(15)20-17(22)12-25-18(23)14-11-21-10-6-5-9-16(21)19-14/h3-11H,2,12H2,1H3,(H,20,22). The van der Waals surface area contributed by atoms with Gasteiger partial charge in [-0.15, -0.1) is 0 Å². The Labute approximate surface area is 144 Å². The smallest absolute Gasteiger partial charge is 0.359 e. The third-order valence-corrected chi connectivity index (χ3v) is 3.37. The number of aromatic nitrogens is 2. The second kappa shape index (κ2) is 7.48. The number of hydrogen-bond donors (Lipinski definition) is 1. The van der Waals surface area contributed by atoms with Crippen LogP contribution in [0.1, 0.15) is 17.4 Å². The Morgan fingerprint density at radius 1 is 1.16 bits per heavy atom. The summed E-state index contributed by atoms with van der Waals surface area (Å²) in [7, 11) is 0. The molecule has 1 aromatic carbocycles. The fourth-order valence-corrected chi connectivity index (χ4v) is 2.28. The van der Waals surface area contributed by atoms with E-state index in [1.54, 1.807) is 41.1 Å². The number of carbonyl (C=O) groups is 2. The second-order valence-corrected chi connectivity index (χ2v) is 5.15. The summed E-state index contributed by atoms with van der Waals surface area (Å²) in [5.41, 5.74) is 1.30. The summed E-state index contributed by atoms with van der Waals surface area (Å²) in [4.78, 5) is 28.2. The maximum Gasteiger partial charge on any atom is 0.359 e. The number of hydrogen-bond acceptors (Lipinski definition) is 5. The van der Waals surface area contributed by atoms with Crippen LogP contribution in [-0.2, 0) is 9.53 Å². The number of pyridine rings is 1. The normalized spacial score (nSPS) is 10.4. The first-order chi connectivity index (χ1) is 12.2. The van der Waals surface area contributed by atoms with Gasteiger partial charge in [0.25, 0.3) is 5.91 Å². The predicted molar refractivity (Wildman–Crippen MR) is 91.7 cm³/mol. The third kappa shape index (κ3) is 3.95. The molecule has 2 aromatic heterocycles. The van der Waals surface area contributed by atoms with Crippen LogP contribution in [0.4, 0.5) is 5.69 Å². The van der Waals surface area contributed by atoms with Gasteiger partial charge >= 0.3 is 5.97 Å². The van der Waals surface area contributed by atoms with E-state index in [0.29, 0.717) is 23.7 Å². The molecule has 7 nitrogen and oxygen atoms in total. The van der Waals surface area contributed by atoms with E-state index in [2.05, 4.69) is 10.3 Å². The van der Waals surface area contributed by atoms with Crippen molar-refractivity contribution in [2.24, 2.45) is 0 Å². The molecule has 0 saturated carbocycles. The molecule has 25 heavy (non-hydrogen) atoms. The minimum atomic E-state index is -0.656. The highest BCUT2D eigenvalue weighted by Gasteiger charge is 2.15. The molecular weight excluding hydrogens is 322 g/mol. The number of amides is 1. The molecule has 0 radical (unpaired) electrons. The Balaban J connectivity index is 1.59. The van der Waals surface area contributed by atoms with Gasteiger partial charge in [0.05, 0.1) is 12.3 Å². The average molecular weight is 339 g/mol. The van der Waals surface area contributed by atoms with Crippen molar-refractivity contribution in [2.45, 2.75) is 6.92 Å². The van der Waals surface area contributed by atoms with Crippen LogP contribution in [0.25, 0.3) is 5.65 Å². The minimum Gasteiger partial charge on any atom is -0.492 e.